The number of carbonyl (C=O) groups is 2. The van der Waals surface area contributed by atoms with Gasteiger partial charge in [-0.1, -0.05) is 0 Å². The van der Waals surface area contributed by atoms with Crippen LogP contribution in [-0.4, -0.2) is 26.5 Å². The topological polar surface area (TPSA) is 76.9 Å². The molecule has 2 aromatic heterocycles. The highest BCUT2D eigenvalue weighted by Gasteiger charge is 2.07. The third-order valence-corrected chi connectivity index (χ3v) is 3.00. The molecule has 0 aliphatic heterocycles. The van der Waals surface area contributed by atoms with E-state index in [1.54, 1.807) is 35.6 Å². The van der Waals surface area contributed by atoms with Crippen LogP contribution < -0.4 is 5.32 Å². The second-order valence-corrected chi connectivity index (χ2v) is 4.72. The first-order chi connectivity index (χ1) is 9.04. The predicted molar refractivity (Wildman–Crippen MR) is 73.0 cm³/mol. The maximum absolute atomic E-state index is 11.6. The van der Waals surface area contributed by atoms with Crippen LogP contribution in [0.5, 0.6) is 0 Å². The third-order valence-electron chi connectivity index (χ3n) is 2.25. The van der Waals surface area contributed by atoms with E-state index in [1.165, 1.54) is 24.3 Å². The number of aromatic nitrogens is 3. The molecule has 2 rings (SSSR count). The van der Waals surface area contributed by atoms with Gasteiger partial charge in [-0.05, 0) is 6.08 Å². The van der Waals surface area contributed by atoms with E-state index < -0.39 is 0 Å². The molecule has 0 atom stereocenters. The summed E-state index contributed by atoms with van der Waals surface area (Å²) in [5.41, 5.74) is 1.19. The Hall–Kier alpha value is -2.28. The maximum Gasteiger partial charge on any atom is 0.250 e. The van der Waals surface area contributed by atoms with Crippen LogP contribution in [0.1, 0.15) is 23.0 Å². The summed E-state index contributed by atoms with van der Waals surface area (Å²) in [6.45, 7) is 1.43. The molecule has 1 amide bonds. The number of thiazole rings is 1. The van der Waals surface area contributed by atoms with Gasteiger partial charge in [0.15, 0.2) is 10.9 Å². The van der Waals surface area contributed by atoms with E-state index in [0.717, 1.165) is 5.56 Å². The van der Waals surface area contributed by atoms with Crippen molar-refractivity contribution in [3.63, 3.8) is 0 Å². The van der Waals surface area contributed by atoms with Crippen molar-refractivity contribution in [2.75, 3.05) is 5.32 Å². The molecular formula is C12H12N4O2S. The number of ketones is 1. The fraction of sp³-hybridized carbons (Fsp3) is 0.167. The predicted octanol–water partition coefficient (Wildman–Crippen LogP) is 1.73. The molecule has 98 valence electrons. The largest absolute Gasteiger partial charge is 0.298 e. The summed E-state index contributed by atoms with van der Waals surface area (Å²) >= 11 is 1.22. The lowest BCUT2D eigenvalue weighted by Gasteiger charge is -1.94. The first kappa shape index (κ1) is 13.2. The summed E-state index contributed by atoms with van der Waals surface area (Å²) in [4.78, 5) is 26.7. The molecule has 0 aromatic carbocycles. The Balaban J connectivity index is 1.97. The SMILES string of the molecule is CC(=O)c1csc(NC(=O)/C=C/c2cnn(C)c2)n1. The Labute approximate surface area is 113 Å². The summed E-state index contributed by atoms with van der Waals surface area (Å²) in [6.07, 6.45) is 6.50. The average Bonchev–Trinajstić information content (AvgIpc) is 2.96. The standard InChI is InChI=1S/C12H12N4O2S/c1-8(17)10-7-19-12(14-10)15-11(18)4-3-9-5-13-16(2)6-9/h3-7H,1-2H3,(H,14,15,18)/b4-3+. The lowest BCUT2D eigenvalue weighted by Crippen LogP contribution is -2.07. The Morgan fingerprint density at radius 1 is 1.47 bits per heavy atom. The molecule has 0 aliphatic carbocycles. The lowest BCUT2D eigenvalue weighted by atomic mass is 10.3. The molecule has 0 fully saturated rings. The number of amides is 1. The Morgan fingerprint density at radius 2 is 2.26 bits per heavy atom. The lowest BCUT2D eigenvalue weighted by molar-refractivity contribution is -0.111. The number of hydrogen-bond acceptors (Lipinski definition) is 5. The van der Waals surface area contributed by atoms with E-state index >= 15 is 0 Å². The highest BCUT2D eigenvalue weighted by molar-refractivity contribution is 7.14. The second kappa shape index (κ2) is 5.57. The molecule has 2 aromatic rings. The van der Waals surface area contributed by atoms with E-state index in [9.17, 15) is 9.59 Å². The van der Waals surface area contributed by atoms with Gasteiger partial charge < -0.3 is 0 Å². The molecule has 0 saturated heterocycles. The van der Waals surface area contributed by atoms with Gasteiger partial charge in [0.25, 0.3) is 0 Å². The van der Waals surface area contributed by atoms with E-state index in [-0.39, 0.29) is 11.7 Å². The molecule has 0 spiro atoms. The second-order valence-electron chi connectivity index (χ2n) is 3.86. The summed E-state index contributed by atoms with van der Waals surface area (Å²) in [5.74, 6) is -0.420. The number of carbonyl (C=O) groups excluding carboxylic acids is 2. The van der Waals surface area contributed by atoms with Crippen LogP contribution in [0.2, 0.25) is 0 Å². The summed E-state index contributed by atoms with van der Waals surface area (Å²) < 4.78 is 1.65. The van der Waals surface area contributed by atoms with Gasteiger partial charge in [0.2, 0.25) is 5.91 Å². The molecule has 2 heterocycles. The van der Waals surface area contributed by atoms with Crippen LogP contribution in [-0.2, 0) is 11.8 Å². The number of Topliss-reactive ketones (excluding diaryl/α,β-unsaturated/α-hetero) is 1. The van der Waals surface area contributed by atoms with Crippen molar-refractivity contribution in [2.45, 2.75) is 6.92 Å². The van der Waals surface area contributed by atoms with Crippen molar-refractivity contribution in [3.8, 4) is 0 Å². The number of nitrogens with zero attached hydrogens (tertiary/aromatic N) is 3. The third kappa shape index (κ3) is 3.59. The Morgan fingerprint density at radius 3 is 2.84 bits per heavy atom. The first-order valence-corrected chi connectivity index (χ1v) is 6.37. The van der Waals surface area contributed by atoms with Gasteiger partial charge in [-0.25, -0.2) is 4.98 Å². The number of hydrogen-bond donors (Lipinski definition) is 1. The van der Waals surface area contributed by atoms with Crippen LogP contribution in [0.15, 0.2) is 23.8 Å². The molecule has 19 heavy (non-hydrogen) atoms. The zero-order valence-corrected chi connectivity index (χ0v) is 11.3. The number of rotatable bonds is 4. The van der Waals surface area contributed by atoms with Crippen LogP contribution in [0.3, 0.4) is 0 Å². The Bertz CT molecular complexity index is 642. The minimum atomic E-state index is -0.298. The van der Waals surface area contributed by atoms with Gasteiger partial charge in [-0.3, -0.25) is 19.6 Å². The molecule has 0 aliphatic rings. The van der Waals surface area contributed by atoms with Gasteiger partial charge >= 0.3 is 0 Å². The first-order valence-electron chi connectivity index (χ1n) is 5.49. The van der Waals surface area contributed by atoms with Crippen molar-refractivity contribution >= 4 is 34.2 Å². The van der Waals surface area contributed by atoms with Gasteiger partial charge in [-0.2, -0.15) is 5.10 Å². The highest BCUT2D eigenvalue weighted by atomic mass is 32.1. The van der Waals surface area contributed by atoms with Crippen molar-refractivity contribution in [1.82, 2.24) is 14.8 Å². The van der Waals surface area contributed by atoms with Crippen LogP contribution in [0, 0.1) is 0 Å². The Kier molecular flexibility index (Phi) is 3.86. The van der Waals surface area contributed by atoms with Crippen LogP contribution >= 0.6 is 11.3 Å². The molecule has 0 bridgehead atoms. The molecule has 0 saturated carbocycles. The fourth-order valence-electron chi connectivity index (χ4n) is 1.34. The van der Waals surface area contributed by atoms with E-state index in [2.05, 4.69) is 15.4 Å². The monoisotopic (exact) mass is 276 g/mol. The normalized spacial score (nSPS) is 10.8. The van der Waals surface area contributed by atoms with Gasteiger partial charge in [0.1, 0.15) is 5.69 Å². The number of aryl methyl sites for hydroxylation is 1. The number of nitrogens with one attached hydrogen (secondary N) is 1. The van der Waals surface area contributed by atoms with Crippen LogP contribution in [0.4, 0.5) is 5.13 Å². The zero-order valence-electron chi connectivity index (χ0n) is 10.5. The quantitative estimate of drug-likeness (QED) is 0.681. The minimum Gasteiger partial charge on any atom is -0.298 e. The van der Waals surface area contributed by atoms with E-state index in [1.807, 2.05) is 0 Å². The fourth-order valence-corrected chi connectivity index (χ4v) is 2.09. The molecule has 0 radical (unpaired) electrons. The molecule has 0 unspecified atom stereocenters. The van der Waals surface area contributed by atoms with Crippen molar-refractivity contribution < 1.29 is 9.59 Å². The molecule has 7 heteroatoms. The van der Waals surface area contributed by atoms with E-state index in [0.29, 0.717) is 10.8 Å². The van der Waals surface area contributed by atoms with E-state index in [4.69, 9.17) is 0 Å². The van der Waals surface area contributed by atoms with Gasteiger partial charge in [-0.15, -0.1) is 11.3 Å². The minimum absolute atomic E-state index is 0.123. The summed E-state index contributed by atoms with van der Waals surface area (Å²) in [6, 6.07) is 0. The van der Waals surface area contributed by atoms with Crippen molar-refractivity contribution in [2.24, 2.45) is 7.05 Å². The summed E-state index contributed by atoms with van der Waals surface area (Å²) in [7, 11) is 1.80. The summed E-state index contributed by atoms with van der Waals surface area (Å²) in [5, 5.41) is 8.61. The average molecular weight is 276 g/mol. The highest BCUT2D eigenvalue weighted by Crippen LogP contribution is 2.15. The molecular weight excluding hydrogens is 264 g/mol. The zero-order chi connectivity index (χ0) is 13.8. The molecule has 6 nitrogen and oxygen atoms in total. The molecule has 1 N–H and O–H groups in total. The van der Waals surface area contributed by atoms with Gasteiger partial charge in [0.05, 0.1) is 6.20 Å². The van der Waals surface area contributed by atoms with Crippen LogP contribution in [0.25, 0.3) is 6.08 Å². The smallest absolute Gasteiger partial charge is 0.250 e. The van der Waals surface area contributed by atoms with Crippen molar-refractivity contribution in [3.05, 3.63) is 35.1 Å². The maximum atomic E-state index is 11.6. The van der Waals surface area contributed by atoms with Crippen molar-refractivity contribution in [1.29, 1.82) is 0 Å². The van der Waals surface area contributed by atoms with Gasteiger partial charge in [0, 0.05) is 37.2 Å². The number of anilines is 1.